The van der Waals surface area contributed by atoms with Crippen LogP contribution in [-0.2, 0) is 0 Å². The van der Waals surface area contributed by atoms with E-state index >= 15 is 0 Å². The molecule has 4 rings (SSSR count). The van der Waals surface area contributed by atoms with Gasteiger partial charge in [-0.3, -0.25) is 4.79 Å². The highest BCUT2D eigenvalue weighted by Crippen LogP contribution is 2.34. The molecule has 33 heavy (non-hydrogen) atoms. The molecule has 0 saturated heterocycles. The summed E-state index contributed by atoms with van der Waals surface area (Å²) >= 11 is 1.66. The third kappa shape index (κ3) is 4.73. The molecule has 0 saturated carbocycles. The van der Waals surface area contributed by atoms with Gasteiger partial charge in [0.05, 0.1) is 41.6 Å². The molecule has 0 spiro atoms. The normalized spacial score (nSPS) is 11.5. The first-order chi connectivity index (χ1) is 16.0. The molecule has 0 atom stereocenters. The number of benzene rings is 2. The van der Waals surface area contributed by atoms with Crippen molar-refractivity contribution >= 4 is 33.9 Å². The lowest BCUT2D eigenvalue weighted by molar-refractivity contribution is 0.0956. The van der Waals surface area contributed by atoms with Gasteiger partial charge in [-0.2, -0.15) is 5.10 Å². The molecule has 0 bridgehead atoms. The quantitative estimate of drug-likeness (QED) is 0.279. The Morgan fingerprint density at radius 1 is 1.06 bits per heavy atom. The van der Waals surface area contributed by atoms with E-state index in [9.17, 15) is 4.79 Å². The fourth-order valence-corrected chi connectivity index (χ4v) is 4.51. The Labute approximate surface area is 196 Å². The lowest BCUT2D eigenvalue weighted by Gasteiger charge is -2.13. The van der Waals surface area contributed by atoms with E-state index < -0.39 is 0 Å². The second kappa shape index (κ2) is 9.83. The first-order valence-corrected chi connectivity index (χ1v) is 11.4. The van der Waals surface area contributed by atoms with Gasteiger partial charge in [0.1, 0.15) is 11.5 Å². The summed E-state index contributed by atoms with van der Waals surface area (Å²) in [4.78, 5) is 20.3. The zero-order chi connectivity index (χ0) is 23.4. The number of nitrogens with one attached hydrogen (secondary N) is 1. The van der Waals surface area contributed by atoms with E-state index in [0.29, 0.717) is 34.7 Å². The van der Waals surface area contributed by atoms with Gasteiger partial charge in [0.25, 0.3) is 5.91 Å². The van der Waals surface area contributed by atoms with E-state index in [4.69, 9.17) is 14.5 Å². The van der Waals surface area contributed by atoms with E-state index in [1.807, 2.05) is 49.4 Å². The van der Waals surface area contributed by atoms with Crippen molar-refractivity contribution in [3.05, 3.63) is 76.0 Å². The predicted molar refractivity (Wildman–Crippen MR) is 134 cm³/mol. The molecule has 0 radical (unpaired) electrons. The molecule has 2 aromatic heterocycles. The molecule has 0 fully saturated rings. The fraction of sp³-hybridized carbons (Fsp3) is 0.192. The van der Waals surface area contributed by atoms with Gasteiger partial charge in [-0.05, 0) is 49.7 Å². The largest absolute Gasteiger partial charge is 0.497 e. The molecule has 1 amide bonds. The number of thiophene rings is 1. The van der Waals surface area contributed by atoms with Crippen LogP contribution >= 0.6 is 11.3 Å². The maximum absolute atomic E-state index is 13.3. The van der Waals surface area contributed by atoms with Crippen molar-refractivity contribution in [3.63, 3.8) is 0 Å². The van der Waals surface area contributed by atoms with Crippen molar-refractivity contribution in [2.24, 2.45) is 5.10 Å². The van der Waals surface area contributed by atoms with Crippen LogP contribution in [-0.4, -0.2) is 30.8 Å². The second-order valence-electron chi connectivity index (χ2n) is 7.40. The van der Waals surface area contributed by atoms with Gasteiger partial charge >= 0.3 is 0 Å². The first-order valence-electron chi connectivity index (χ1n) is 10.6. The summed E-state index contributed by atoms with van der Waals surface area (Å²) in [5, 5.41) is 5.19. The number of aromatic nitrogens is 1. The summed E-state index contributed by atoms with van der Waals surface area (Å²) < 4.78 is 10.9. The highest BCUT2D eigenvalue weighted by molar-refractivity contribution is 7.14. The van der Waals surface area contributed by atoms with Crippen molar-refractivity contribution < 1.29 is 14.3 Å². The SMILES string of the molecule is CC/C(=N\NC(=O)c1cc(-c2ccc(OC)cc2OC)nc2ccccc12)c1ccc(C)s1. The number of methoxy groups -OCH3 is 2. The number of ether oxygens (including phenoxy) is 2. The number of amides is 1. The van der Waals surface area contributed by atoms with Crippen LogP contribution in [0.25, 0.3) is 22.2 Å². The number of hydrogen-bond acceptors (Lipinski definition) is 6. The summed E-state index contributed by atoms with van der Waals surface area (Å²) in [6.45, 7) is 4.08. The molecule has 0 unspecified atom stereocenters. The first kappa shape index (κ1) is 22.5. The number of hydrogen-bond donors (Lipinski definition) is 1. The zero-order valence-electron chi connectivity index (χ0n) is 19.0. The van der Waals surface area contributed by atoms with Crippen molar-refractivity contribution in [2.45, 2.75) is 20.3 Å². The van der Waals surface area contributed by atoms with Crippen LogP contribution < -0.4 is 14.9 Å². The van der Waals surface area contributed by atoms with Gasteiger partial charge in [0.15, 0.2) is 0 Å². The number of hydrazone groups is 1. The van der Waals surface area contributed by atoms with Gasteiger partial charge in [0, 0.05) is 21.9 Å². The Morgan fingerprint density at radius 2 is 1.88 bits per heavy atom. The molecule has 168 valence electrons. The molecule has 6 nitrogen and oxygen atoms in total. The topological polar surface area (TPSA) is 72.8 Å². The standard InChI is InChI=1S/C26H25N3O3S/c1-5-21(25-13-10-16(2)33-25)28-29-26(30)20-15-23(27-22-9-7-6-8-18(20)22)19-12-11-17(31-3)14-24(19)32-4/h6-15H,5H2,1-4H3,(H,29,30)/b28-21+. The number of nitrogens with zero attached hydrogens (tertiary/aromatic N) is 2. The highest BCUT2D eigenvalue weighted by Gasteiger charge is 2.17. The van der Waals surface area contributed by atoms with Crippen molar-refractivity contribution in [1.82, 2.24) is 10.4 Å². The summed E-state index contributed by atoms with van der Waals surface area (Å²) in [6.07, 6.45) is 0.714. The van der Waals surface area contributed by atoms with Gasteiger partial charge < -0.3 is 9.47 Å². The van der Waals surface area contributed by atoms with Crippen LogP contribution in [0.4, 0.5) is 0 Å². The van der Waals surface area contributed by atoms with Gasteiger partial charge in [0.2, 0.25) is 0 Å². The van der Waals surface area contributed by atoms with Crippen LogP contribution in [0.3, 0.4) is 0 Å². The minimum Gasteiger partial charge on any atom is -0.497 e. The van der Waals surface area contributed by atoms with Crippen molar-refractivity contribution in [3.8, 4) is 22.8 Å². The third-order valence-corrected chi connectivity index (χ3v) is 6.35. The number of fused-ring (bicyclic) bond motifs is 1. The highest BCUT2D eigenvalue weighted by atomic mass is 32.1. The molecule has 2 heterocycles. The van der Waals surface area contributed by atoms with Crippen LogP contribution in [0.2, 0.25) is 0 Å². The minimum atomic E-state index is -0.290. The Morgan fingerprint density at radius 3 is 2.58 bits per heavy atom. The van der Waals surface area contributed by atoms with Crippen LogP contribution in [0, 0.1) is 6.92 Å². The number of carbonyl (C=O) groups is 1. The zero-order valence-corrected chi connectivity index (χ0v) is 19.8. The van der Waals surface area contributed by atoms with Crippen molar-refractivity contribution in [1.29, 1.82) is 0 Å². The number of rotatable bonds is 7. The van der Waals surface area contributed by atoms with Crippen LogP contribution in [0.5, 0.6) is 11.5 Å². The monoisotopic (exact) mass is 459 g/mol. The lowest BCUT2D eigenvalue weighted by Crippen LogP contribution is -2.20. The van der Waals surface area contributed by atoms with Crippen LogP contribution in [0.1, 0.15) is 33.5 Å². The summed E-state index contributed by atoms with van der Waals surface area (Å²) in [5.74, 6) is 1.00. The van der Waals surface area contributed by atoms with Gasteiger partial charge in [-0.15, -0.1) is 11.3 Å². The molecule has 0 aliphatic heterocycles. The van der Waals surface area contributed by atoms with E-state index in [0.717, 1.165) is 21.5 Å². The molecular formula is C26H25N3O3S. The predicted octanol–water partition coefficient (Wildman–Crippen LogP) is 5.83. The molecule has 1 N–H and O–H groups in total. The molecule has 0 aliphatic rings. The Balaban J connectivity index is 1.76. The number of para-hydroxylation sites is 1. The van der Waals surface area contributed by atoms with Crippen LogP contribution in [0.15, 0.2) is 65.8 Å². The van der Waals surface area contributed by atoms with Gasteiger partial charge in [-0.1, -0.05) is 25.1 Å². The molecule has 4 aromatic rings. The number of carbonyl (C=O) groups excluding carboxylic acids is 1. The Bertz CT molecular complexity index is 1340. The maximum atomic E-state index is 13.3. The van der Waals surface area contributed by atoms with E-state index in [2.05, 4.69) is 23.5 Å². The Hall–Kier alpha value is -3.71. The average Bonchev–Trinajstić information content (AvgIpc) is 3.29. The van der Waals surface area contributed by atoms with E-state index in [1.54, 1.807) is 37.7 Å². The number of aryl methyl sites for hydroxylation is 1. The molecule has 7 heteroatoms. The molecule has 2 aromatic carbocycles. The smallest absolute Gasteiger partial charge is 0.272 e. The average molecular weight is 460 g/mol. The summed E-state index contributed by atoms with van der Waals surface area (Å²) in [7, 11) is 3.20. The summed E-state index contributed by atoms with van der Waals surface area (Å²) in [6, 6.07) is 19.0. The lowest BCUT2D eigenvalue weighted by atomic mass is 10.0. The molecular weight excluding hydrogens is 434 g/mol. The second-order valence-corrected chi connectivity index (χ2v) is 8.69. The van der Waals surface area contributed by atoms with Crippen molar-refractivity contribution in [2.75, 3.05) is 14.2 Å². The van der Waals surface area contributed by atoms with E-state index in [-0.39, 0.29) is 5.91 Å². The third-order valence-electron chi connectivity index (χ3n) is 5.30. The van der Waals surface area contributed by atoms with E-state index in [1.165, 1.54) is 4.88 Å². The fourth-order valence-electron chi connectivity index (χ4n) is 3.59. The number of pyridine rings is 1. The Kier molecular flexibility index (Phi) is 6.70. The summed E-state index contributed by atoms with van der Waals surface area (Å²) in [5.41, 5.74) is 6.21. The molecule has 0 aliphatic carbocycles. The van der Waals surface area contributed by atoms with Gasteiger partial charge in [-0.25, -0.2) is 10.4 Å². The minimum absolute atomic E-state index is 0.290. The maximum Gasteiger partial charge on any atom is 0.272 e.